The third-order valence-electron chi connectivity index (χ3n) is 1.86. The second kappa shape index (κ2) is 5.25. The van der Waals surface area contributed by atoms with Crippen LogP contribution in [0.25, 0.3) is 0 Å². The fourth-order valence-electron chi connectivity index (χ4n) is 1.11. The van der Waals surface area contributed by atoms with E-state index in [0.29, 0.717) is 5.56 Å². The molecule has 0 spiro atoms. The third-order valence-corrected chi connectivity index (χ3v) is 2.63. The number of amidine groups is 1. The molecular weight excluding hydrogens is 248 g/mol. The third kappa shape index (κ3) is 3.41. The predicted octanol–water partition coefficient (Wildman–Crippen LogP) is 1.63. The van der Waals surface area contributed by atoms with E-state index in [9.17, 15) is 20.2 Å². The highest BCUT2D eigenvalue weighted by atomic mass is 32.2. The maximum atomic E-state index is 10.7. The Bertz CT molecular complexity index is 490. The Morgan fingerprint density at radius 3 is 2.47 bits per heavy atom. The molecule has 3 N–H and O–H groups in total. The lowest BCUT2D eigenvalue weighted by Gasteiger charge is -2.01. The Hall–Kier alpha value is -2.16. The van der Waals surface area contributed by atoms with Gasteiger partial charge in [0.15, 0.2) is 5.17 Å². The summed E-state index contributed by atoms with van der Waals surface area (Å²) in [5.74, 6) is 0.129. The van der Waals surface area contributed by atoms with E-state index in [0.717, 1.165) is 17.8 Å². The second-order valence-corrected chi connectivity index (χ2v) is 4.00. The molecule has 9 heteroatoms. The fraction of sp³-hybridized carbons (Fsp3) is 0.125. The van der Waals surface area contributed by atoms with E-state index in [4.69, 9.17) is 11.1 Å². The maximum Gasteiger partial charge on any atom is 0.280 e. The van der Waals surface area contributed by atoms with Crippen LogP contribution in [0.5, 0.6) is 0 Å². The first-order valence-electron chi connectivity index (χ1n) is 4.30. The molecule has 0 aliphatic carbocycles. The van der Waals surface area contributed by atoms with Gasteiger partial charge in [0.25, 0.3) is 11.4 Å². The fourth-order valence-corrected chi connectivity index (χ4v) is 1.67. The van der Waals surface area contributed by atoms with E-state index in [2.05, 4.69) is 0 Å². The van der Waals surface area contributed by atoms with Crippen molar-refractivity contribution < 1.29 is 9.85 Å². The van der Waals surface area contributed by atoms with Gasteiger partial charge < -0.3 is 5.73 Å². The van der Waals surface area contributed by atoms with Crippen LogP contribution in [0, 0.1) is 25.6 Å². The van der Waals surface area contributed by atoms with Crippen LogP contribution in [-0.4, -0.2) is 15.0 Å². The van der Waals surface area contributed by atoms with Crippen LogP contribution in [0.1, 0.15) is 5.56 Å². The number of nitrogens with two attached hydrogens (primary N) is 1. The Labute approximate surface area is 99.6 Å². The van der Waals surface area contributed by atoms with Crippen molar-refractivity contribution in [3.8, 4) is 0 Å². The summed E-state index contributed by atoms with van der Waals surface area (Å²) in [5.41, 5.74) is 4.73. The van der Waals surface area contributed by atoms with Crippen molar-refractivity contribution in [2.24, 2.45) is 5.73 Å². The molecule has 0 atom stereocenters. The van der Waals surface area contributed by atoms with Gasteiger partial charge in [-0.1, -0.05) is 11.8 Å². The highest BCUT2D eigenvalue weighted by Gasteiger charge is 2.19. The molecule has 0 heterocycles. The number of nitrogens with one attached hydrogen (secondary N) is 1. The molecule has 0 aliphatic heterocycles. The van der Waals surface area contributed by atoms with Gasteiger partial charge in [-0.3, -0.25) is 25.6 Å². The van der Waals surface area contributed by atoms with Crippen LogP contribution < -0.4 is 5.73 Å². The molecule has 0 fully saturated rings. The molecular formula is C8H8N4O4S. The second-order valence-electron chi connectivity index (χ2n) is 2.98. The molecule has 1 aromatic carbocycles. The zero-order valence-electron chi connectivity index (χ0n) is 8.45. The number of hydrogen-bond donors (Lipinski definition) is 2. The van der Waals surface area contributed by atoms with Crippen molar-refractivity contribution in [2.45, 2.75) is 5.75 Å². The minimum absolute atomic E-state index is 0.129. The van der Waals surface area contributed by atoms with Gasteiger partial charge in [0.05, 0.1) is 15.9 Å². The molecule has 0 saturated carbocycles. The summed E-state index contributed by atoms with van der Waals surface area (Å²) >= 11 is 0.917. The van der Waals surface area contributed by atoms with E-state index in [1.807, 2.05) is 0 Å². The summed E-state index contributed by atoms with van der Waals surface area (Å²) in [7, 11) is 0. The number of nitro benzene ring substituents is 2. The minimum Gasteiger partial charge on any atom is -0.379 e. The topological polar surface area (TPSA) is 136 Å². The predicted molar refractivity (Wildman–Crippen MR) is 63.0 cm³/mol. The smallest absolute Gasteiger partial charge is 0.280 e. The molecule has 0 unspecified atom stereocenters. The Balaban J connectivity index is 3.08. The molecule has 0 aliphatic rings. The minimum atomic E-state index is -0.700. The van der Waals surface area contributed by atoms with Gasteiger partial charge in [-0.25, -0.2) is 0 Å². The lowest BCUT2D eigenvalue weighted by atomic mass is 10.2. The van der Waals surface area contributed by atoms with Gasteiger partial charge in [0, 0.05) is 17.4 Å². The van der Waals surface area contributed by atoms with Crippen molar-refractivity contribution in [1.29, 1.82) is 5.41 Å². The summed E-state index contributed by atoms with van der Waals surface area (Å²) in [5, 5.41) is 28.0. The molecule has 0 aromatic heterocycles. The summed E-state index contributed by atoms with van der Waals surface area (Å²) in [6.07, 6.45) is 0. The number of nitro groups is 2. The average molecular weight is 256 g/mol. The Kier molecular flexibility index (Phi) is 3.99. The zero-order valence-corrected chi connectivity index (χ0v) is 9.27. The average Bonchev–Trinajstić information content (AvgIpc) is 2.25. The quantitative estimate of drug-likeness (QED) is 0.363. The molecule has 1 rings (SSSR count). The first-order valence-corrected chi connectivity index (χ1v) is 5.29. The molecule has 0 bridgehead atoms. The van der Waals surface area contributed by atoms with Crippen LogP contribution in [0.3, 0.4) is 0 Å². The molecule has 90 valence electrons. The van der Waals surface area contributed by atoms with Gasteiger partial charge in [-0.15, -0.1) is 0 Å². The van der Waals surface area contributed by atoms with Crippen molar-refractivity contribution >= 4 is 28.3 Å². The highest BCUT2D eigenvalue weighted by molar-refractivity contribution is 8.13. The molecule has 0 radical (unpaired) electrons. The van der Waals surface area contributed by atoms with Gasteiger partial charge in [-0.2, -0.15) is 0 Å². The highest BCUT2D eigenvalue weighted by Crippen LogP contribution is 2.27. The monoisotopic (exact) mass is 256 g/mol. The largest absolute Gasteiger partial charge is 0.379 e. The molecule has 0 saturated heterocycles. The van der Waals surface area contributed by atoms with Crippen LogP contribution in [0.2, 0.25) is 0 Å². The van der Waals surface area contributed by atoms with Crippen LogP contribution in [0.4, 0.5) is 11.4 Å². The maximum absolute atomic E-state index is 10.7. The first kappa shape index (κ1) is 12.9. The van der Waals surface area contributed by atoms with Crippen molar-refractivity contribution in [3.63, 3.8) is 0 Å². The Morgan fingerprint density at radius 2 is 2.00 bits per heavy atom. The van der Waals surface area contributed by atoms with Crippen molar-refractivity contribution in [1.82, 2.24) is 0 Å². The van der Waals surface area contributed by atoms with E-state index in [1.165, 1.54) is 12.1 Å². The van der Waals surface area contributed by atoms with Crippen molar-refractivity contribution in [2.75, 3.05) is 0 Å². The molecule has 0 amide bonds. The lowest BCUT2D eigenvalue weighted by molar-refractivity contribution is -0.394. The molecule has 1 aromatic rings. The standard InChI is InChI=1S/C8H8N4O4S/c9-8(10)17-4-5-1-2-6(11(13)14)3-7(5)12(15)16/h1-3H,4H2,(H3,9,10). The van der Waals surface area contributed by atoms with Crippen LogP contribution in [-0.2, 0) is 5.75 Å². The summed E-state index contributed by atoms with van der Waals surface area (Å²) in [6, 6.07) is 3.38. The first-order chi connectivity index (χ1) is 7.91. The van der Waals surface area contributed by atoms with Crippen molar-refractivity contribution in [3.05, 3.63) is 44.0 Å². The van der Waals surface area contributed by atoms with Gasteiger partial charge in [0.1, 0.15) is 0 Å². The van der Waals surface area contributed by atoms with Crippen LogP contribution in [0.15, 0.2) is 18.2 Å². The van der Waals surface area contributed by atoms with Gasteiger partial charge in [0.2, 0.25) is 0 Å². The van der Waals surface area contributed by atoms with E-state index >= 15 is 0 Å². The van der Waals surface area contributed by atoms with Gasteiger partial charge >= 0.3 is 0 Å². The molecule has 17 heavy (non-hydrogen) atoms. The zero-order chi connectivity index (χ0) is 13.0. The van der Waals surface area contributed by atoms with E-state index in [-0.39, 0.29) is 22.3 Å². The summed E-state index contributed by atoms with van der Waals surface area (Å²) < 4.78 is 0. The molecule has 8 nitrogen and oxygen atoms in total. The van der Waals surface area contributed by atoms with Gasteiger partial charge in [-0.05, 0) is 6.07 Å². The lowest BCUT2D eigenvalue weighted by Crippen LogP contribution is -2.05. The number of hydrogen-bond acceptors (Lipinski definition) is 6. The number of nitrogens with zero attached hydrogens (tertiary/aromatic N) is 2. The number of rotatable bonds is 4. The summed E-state index contributed by atoms with van der Waals surface area (Å²) in [4.78, 5) is 19.8. The number of thioether (sulfide) groups is 1. The SMILES string of the molecule is N=C(N)SCc1ccc([N+](=O)[O-])cc1[N+](=O)[O-]. The van der Waals surface area contributed by atoms with E-state index in [1.54, 1.807) is 0 Å². The van der Waals surface area contributed by atoms with Crippen LogP contribution >= 0.6 is 11.8 Å². The summed E-state index contributed by atoms with van der Waals surface area (Å²) in [6.45, 7) is 0. The Morgan fingerprint density at radius 1 is 1.35 bits per heavy atom. The van der Waals surface area contributed by atoms with E-state index < -0.39 is 9.85 Å². The normalized spacial score (nSPS) is 9.88. The number of non-ortho nitro benzene ring substituents is 1. The number of benzene rings is 1.